The molecule has 1 saturated carbocycles. The average molecular weight is 320 g/mol. The van der Waals surface area contributed by atoms with Gasteiger partial charge in [-0.05, 0) is 37.8 Å². The Labute approximate surface area is 136 Å². The lowest BCUT2D eigenvalue weighted by Crippen LogP contribution is -2.41. The lowest BCUT2D eigenvalue weighted by atomic mass is 10.1. The van der Waals surface area contributed by atoms with Crippen LogP contribution in [0.25, 0.3) is 0 Å². The van der Waals surface area contributed by atoms with Crippen molar-refractivity contribution >= 4 is 11.9 Å². The lowest BCUT2D eigenvalue weighted by molar-refractivity contribution is -0.122. The number of benzene rings is 1. The zero-order valence-electron chi connectivity index (χ0n) is 13.6. The third-order valence-electron chi connectivity index (χ3n) is 3.62. The van der Waals surface area contributed by atoms with E-state index in [1.54, 1.807) is 12.1 Å². The molecule has 0 heterocycles. The molecular weight excluding hydrogens is 295 g/mol. The summed E-state index contributed by atoms with van der Waals surface area (Å²) in [5.74, 6) is 0.874. The highest BCUT2D eigenvalue weighted by atomic mass is 19.1. The molecule has 1 fully saturated rings. The molecular formula is C17H25FN4O. The van der Waals surface area contributed by atoms with Gasteiger partial charge in [-0.3, -0.25) is 9.79 Å². The first kappa shape index (κ1) is 17.2. The van der Waals surface area contributed by atoms with Crippen molar-refractivity contribution in [1.29, 1.82) is 0 Å². The third-order valence-corrected chi connectivity index (χ3v) is 3.62. The van der Waals surface area contributed by atoms with E-state index in [0.29, 0.717) is 37.6 Å². The molecule has 0 radical (unpaired) electrons. The maximum atomic E-state index is 13.5. The molecule has 0 aromatic heterocycles. The molecule has 0 saturated heterocycles. The SMILES string of the molecule is CCNC(=NCCc1ccccc1F)NCCNC(=O)C1CC1. The van der Waals surface area contributed by atoms with Crippen molar-refractivity contribution < 1.29 is 9.18 Å². The van der Waals surface area contributed by atoms with E-state index in [-0.39, 0.29) is 17.6 Å². The predicted molar refractivity (Wildman–Crippen MR) is 89.8 cm³/mol. The molecule has 1 aromatic rings. The van der Waals surface area contributed by atoms with Crippen LogP contribution in [-0.2, 0) is 11.2 Å². The van der Waals surface area contributed by atoms with Crippen LogP contribution in [0.4, 0.5) is 4.39 Å². The summed E-state index contributed by atoms with van der Waals surface area (Å²) in [6.07, 6.45) is 2.58. The van der Waals surface area contributed by atoms with Crippen LogP contribution in [0.2, 0.25) is 0 Å². The van der Waals surface area contributed by atoms with Crippen LogP contribution in [0.5, 0.6) is 0 Å². The Hall–Kier alpha value is -2.11. The van der Waals surface area contributed by atoms with Crippen LogP contribution in [0.3, 0.4) is 0 Å². The molecule has 5 nitrogen and oxygen atoms in total. The van der Waals surface area contributed by atoms with Gasteiger partial charge >= 0.3 is 0 Å². The molecule has 1 aromatic carbocycles. The maximum absolute atomic E-state index is 13.5. The molecule has 1 amide bonds. The molecule has 0 atom stereocenters. The monoisotopic (exact) mass is 320 g/mol. The van der Waals surface area contributed by atoms with Crippen LogP contribution in [0.1, 0.15) is 25.3 Å². The summed E-state index contributed by atoms with van der Waals surface area (Å²) in [5, 5.41) is 9.20. The van der Waals surface area contributed by atoms with Gasteiger partial charge in [0.2, 0.25) is 5.91 Å². The van der Waals surface area contributed by atoms with Gasteiger partial charge in [-0.2, -0.15) is 0 Å². The van der Waals surface area contributed by atoms with Gasteiger partial charge in [-0.15, -0.1) is 0 Å². The molecule has 0 spiro atoms. The van der Waals surface area contributed by atoms with Crippen molar-refractivity contribution in [3.05, 3.63) is 35.6 Å². The highest BCUT2D eigenvalue weighted by molar-refractivity contribution is 5.81. The van der Waals surface area contributed by atoms with Crippen molar-refractivity contribution in [2.75, 3.05) is 26.2 Å². The first-order chi connectivity index (χ1) is 11.2. The van der Waals surface area contributed by atoms with Crippen molar-refractivity contribution in [2.45, 2.75) is 26.2 Å². The number of hydrogen-bond acceptors (Lipinski definition) is 2. The number of nitrogens with one attached hydrogen (secondary N) is 3. The Morgan fingerprint density at radius 3 is 2.65 bits per heavy atom. The van der Waals surface area contributed by atoms with Gasteiger partial charge in [0, 0.05) is 32.1 Å². The minimum Gasteiger partial charge on any atom is -0.357 e. The normalized spacial score (nSPS) is 14.4. The summed E-state index contributed by atoms with van der Waals surface area (Å²) >= 11 is 0. The molecule has 2 rings (SSSR count). The van der Waals surface area contributed by atoms with E-state index < -0.39 is 0 Å². The van der Waals surface area contributed by atoms with Gasteiger partial charge in [-0.25, -0.2) is 4.39 Å². The van der Waals surface area contributed by atoms with E-state index in [1.165, 1.54) is 6.07 Å². The van der Waals surface area contributed by atoms with Gasteiger partial charge in [0.15, 0.2) is 5.96 Å². The molecule has 6 heteroatoms. The highest BCUT2D eigenvalue weighted by Crippen LogP contribution is 2.28. The molecule has 3 N–H and O–H groups in total. The summed E-state index contributed by atoms with van der Waals surface area (Å²) in [6, 6.07) is 6.75. The fourth-order valence-corrected chi connectivity index (χ4v) is 2.19. The maximum Gasteiger partial charge on any atom is 0.223 e. The van der Waals surface area contributed by atoms with Crippen LogP contribution in [0.15, 0.2) is 29.3 Å². The second kappa shape index (κ2) is 9.12. The fraction of sp³-hybridized carbons (Fsp3) is 0.529. The van der Waals surface area contributed by atoms with E-state index in [2.05, 4.69) is 20.9 Å². The zero-order chi connectivity index (χ0) is 16.5. The first-order valence-corrected chi connectivity index (χ1v) is 8.24. The Morgan fingerprint density at radius 2 is 1.96 bits per heavy atom. The molecule has 23 heavy (non-hydrogen) atoms. The minimum atomic E-state index is -0.191. The molecule has 126 valence electrons. The molecule has 1 aliphatic carbocycles. The molecule has 0 unspecified atom stereocenters. The number of amides is 1. The van der Waals surface area contributed by atoms with Gasteiger partial charge in [0.05, 0.1) is 0 Å². The Morgan fingerprint density at radius 1 is 1.22 bits per heavy atom. The largest absolute Gasteiger partial charge is 0.357 e. The summed E-state index contributed by atoms with van der Waals surface area (Å²) in [7, 11) is 0. The average Bonchev–Trinajstić information content (AvgIpc) is 3.38. The minimum absolute atomic E-state index is 0.147. The number of guanidine groups is 1. The summed E-state index contributed by atoms with van der Waals surface area (Å²) in [5.41, 5.74) is 0.670. The van der Waals surface area contributed by atoms with Gasteiger partial charge in [0.1, 0.15) is 5.82 Å². The number of rotatable bonds is 8. The quantitative estimate of drug-likeness (QED) is 0.386. The van der Waals surface area contributed by atoms with Gasteiger partial charge in [-0.1, -0.05) is 18.2 Å². The first-order valence-electron chi connectivity index (χ1n) is 8.24. The van der Waals surface area contributed by atoms with Crippen molar-refractivity contribution in [2.24, 2.45) is 10.9 Å². The predicted octanol–water partition coefficient (Wildman–Crippen LogP) is 1.45. The second-order valence-electron chi connectivity index (χ2n) is 5.59. The van der Waals surface area contributed by atoms with Crippen LogP contribution >= 0.6 is 0 Å². The van der Waals surface area contributed by atoms with Crippen molar-refractivity contribution in [1.82, 2.24) is 16.0 Å². The van der Waals surface area contributed by atoms with Crippen molar-refractivity contribution in [3.8, 4) is 0 Å². The van der Waals surface area contributed by atoms with Gasteiger partial charge < -0.3 is 16.0 Å². The number of hydrogen-bond donors (Lipinski definition) is 3. The smallest absolute Gasteiger partial charge is 0.223 e. The Balaban J connectivity index is 1.71. The number of halogens is 1. The highest BCUT2D eigenvalue weighted by Gasteiger charge is 2.28. The zero-order valence-corrected chi connectivity index (χ0v) is 13.6. The number of carbonyl (C=O) groups excluding carboxylic acids is 1. The van der Waals surface area contributed by atoms with Crippen LogP contribution < -0.4 is 16.0 Å². The molecule has 1 aliphatic rings. The topological polar surface area (TPSA) is 65.5 Å². The lowest BCUT2D eigenvalue weighted by Gasteiger charge is -2.12. The third kappa shape index (κ3) is 6.26. The Bertz CT molecular complexity index is 543. The molecule has 0 aliphatic heterocycles. The van der Waals surface area contributed by atoms with Crippen LogP contribution in [0, 0.1) is 11.7 Å². The van der Waals surface area contributed by atoms with E-state index >= 15 is 0 Å². The standard InChI is InChI=1S/C17H25FN4O/c1-2-19-17(22-12-11-20-16(23)14-7-8-14)21-10-9-13-5-3-4-6-15(13)18/h3-6,14H,2,7-12H2,1H3,(H,20,23)(H2,19,21,22). The summed E-state index contributed by atoms with van der Waals surface area (Å²) in [6.45, 7) is 4.44. The second-order valence-corrected chi connectivity index (χ2v) is 5.59. The van der Waals surface area contributed by atoms with Crippen molar-refractivity contribution in [3.63, 3.8) is 0 Å². The summed E-state index contributed by atoms with van der Waals surface area (Å²) in [4.78, 5) is 15.9. The van der Waals surface area contributed by atoms with E-state index in [4.69, 9.17) is 0 Å². The number of nitrogens with zero attached hydrogens (tertiary/aromatic N) is 1. The van der Waals surface area contributed by atoms with E-state index in [1.807, 2.05) is 13.0 Å². The van der Waals surface area contributed by atoms with Crippen LogP contribution in [-0.4, -0.2) is 38.0 Å². The van der Waals surface area contributed by atoms with E-state index in [9.17, 15) is 9.18 Å². The molecule has 0 bridgehead atoms. The number of aliphatic imine (C=N–C) groups is 1. The Kier molecular flexibility index (Phi) is 6.84. The summed E-state index contributed by atoms with van der Waals surface area (Å²) < 4.78 is 13.5. The van der Waals surface area contributed by atoms with Gasteiger partial charge in [0.25, 0.3) is 0 Å². The number of carbonyl (C=O) groups is 1. The fourth-order valence-electron chi connectivity index (χ4n) is 2.19. The van der Waals surface area contributed by atoms with E-state index in [0.717, 1.165) is 19.4 Å².